The minimum atomic E-state index is -0.583. The van der Waals surface area contributed by atoms with Gasteiger partial charge in [-0.2, -0.15) is 0 Å². The van der Waals surface area contributed by atoms with Crippen LogP contribution in [-0.2, 0) is 23.8 Å². The fourth-order valence-corrected chi connectivity index (χ4v) is 9.59. The van der Waals surface area contributed by atoms with E-state index in [0.29, 0.717) is 29.4 Å². The highest BCUT2D eigenvalue weighted by Crippen LogP contribution is 2.67. The summed E-state index contributed by atoms with van der Waals surface area (Å²) in [4.78, 5) is 39.7. The molecule has 0 aromatic heterocycles. The first kappa shape index (κ1) is 32.7. The van der Waals surface area contributed by atoms with Gasteiger partial charge < -0.3 is 14.2 Å². The Morgan fingerprint density at radius 2 is 1.42 bits per heavy atom. The van der Waals surface area contributed by atoms with Crippen LogP contribution >= 0.6 is 22.6 Å². The van der Waals surface area contributed by atoms with Gasteiger partial charge >= 0.3 is 17.9 Å². The molecule has 1 aromatic carbocycles. The maximum Gasteiger partial charge on any atom is 0.338 e. The Hall–Kier alpha value is -1.64. The van der Waals surface area contributed by atoms with Crippen molar-refractivity contribution >= 4 is 40.5 Å². The van der Waals surface area contributed by atoms with Gasteiger partial charge in [0, 0.05) is 20.0 Å². The molecule has 0 heterocycles. The average molecular weight is 707 g/mol. The van der Waals surface area contributed by atoms with Crippen LogP contribution in [0.2, 0.25) is 0 Å². The first-order chi connectivity index (χ1) is 20.1. The molecule has 43 heavy (non-hydrogen) atoms. The van der Waals surface area contributed by atoms with Crippen LogP contribution in [0.3, 0.4) is 0 Å². The Balaban J connectivity index is 1.24. The molecule has 1 aromatic rings. The minimum Gasteiger partial charge on any atom is -0.462 e. The lowest BCUT2D eigenvalue weighted by molar-refractivity contribution is -0.161. The Labute approximate surface area is 271 Å². The molecule has 6 nitrogen and oxygen atoms in total. The molecule has 4 bridgehead atoms. The number of esters is 3. The number of halogens is 1. The van der Waals surface area contributed by atoms with Crippen LogP contribution in [0.1, 0.15) is 141 Å². The number of benzene rings is 1. The molecule has 4 fully saturated rings. The zero-order valence-electron chi connectivity index (χ0n) is 27.2. The Morgan fingerprint density at radius 3 is 1.93 bits per heavy atom. The minimum absolute atomic E-state index is 0.00416. The third-order valence-corrected chi connectivity index (χ3v) is 13.8. The van der Waals surface area contributed by atoms with Crippen molar-refractivity contribution in [2.75, 3.05) is 0 Å². The molecule has 4 aliphatic carbocycles. The molecule has 0 radical (unpaired) electrons. The van der Waals surface area contributed by atoms with E-state index in [9.17, 15) is 14.4 Å². The van der Waals surface area contributed by atoms with Crippen molar-refractivity contribution < 1.29 is 28.6 Å². The van der Waals surface area contributed by atoms with Gasteiger partial charge in [-0.15, -0.1) is 0 Å². The highest BCUT2D eigenvalue weighted by molar-refractivity contribution is 14.1. The number of carbonyl (C=O) groups is 3. The normalized spacial score (nSPS) is 33.8. The summed E-state index contributed by atoms with van der Waals surface area (Å²) in [6, 6.07) is 5.68. The molecule has 0 amide bonds. The van der Waals surface area contributed by atoms with Crippen molar-refractivity contribution in [3.8, 4) is 0 Å². The largest absolute Gasteiger partial charge is 0.462 e. The Bertz CT molecular complexity index is 1250. The summed E-state index contributed by atoms with van der Waals surface area (Å²) >= 11 is 2.21. The van der Waals surface area contributed by atoms with Gasteiger partial charge in [-0.1, -0.05) is 61.0 Å². The molecule has 0 aliphatic heterocycles. The van der Waals surface area contributed by atoms with Crippen LogP contribution in [0.25, 0.3) is 0 Å². The van der Waals surface area contributed by atoms with E-state index in [0.717, 1.165) is 42.1 Å². The van der Waals surface area contributed by atoms with E-state index < -0.39 is 12.1 Å². The number of carbonyl (C=O) groups excluding carboxylic acids is 3. The van der Waals surface area contributed by atoms with Crippen LogP contribution in [0.15, 0.2) is 18.2 Å². The molecule has 4 saturated carbocycles. The van der Waals surface area contributed by atoms with E-state index in [1.54, 1.807) is 0 Å². The van der Waals surface area contributed by atoms with Crippen molar-refractivity contribution in [2.45, 2.75) is 137 Å². The summed E-state index contributed by atoms with van der Waals surface area (Å²) in [6.45, 7) is 15.8. The molecule has 7 atom stereocenters. The second-order valence-corrected chi connectivity index (χ2v) is 16.7. The van der Waals surface area contributed by atoms with Crippen LogP contribution < -0.4 is 0 Å². The summed E-state index contributed by atoms with van der Waals surface area (Å²) in [5.41, 5.74) is 1.39. The van der Waals surface area contributed by atoms with Crippen molar-refractivity contribution in [1.29, 1.82) is 0 Å². The highest BCUT2D eigenvalue weighted by Gasteiger charge is 2.64. The van der Waals surface area contributed by atoms with Gasteiger partial charge in [0.25, 0.3) is 0 Å². The zero-order valence-corrected chi connectivity index (χ0v) is 29.4. The van der Waals surface area contributed by atoms with Crippen LogP contribution in [0, 0.1) is 37.1 Å². The van der Waals surface area contributed by atoms with E-state index >= 15 is 0 Å². The van der Waals surface area contributed by atoms with Crippen LogP contribution in [0.4, 0.5) is 0 Å². The van der Waals surface area contributed by atoms with Gasteiger partial charge in [0.05, 0.1) is 18.4 Å². The van der Waals surface area contributed by atoms with E-state index in [2.05, 4.69) is 71.1 Å². The van der Waals surface area contributed by atoms with Gasteiger partial charge in [0.15, 0.2) is 0 Å². The maximum absolute atomic E-state index is 13.7. The third kappa shape index (κ3) is 5.67. The van der Waals surface area contributed by atoms with Crippen molar-refractivity contribution in [2.24, 2.45) is 33.5 Å². The summed E-state index contributed by atoms with van der Waals surface area (Å²) in [5, 5.41) is 0. The second-order valence-electron chi connectivity index (χ2n) is 15.4. The third-order valence-electron chi connectivity index (χ3n) is 13.2. The van der Waals surface area contributed by atoms with Gasteiger partial charge in [0.1, 0.15) is 18.3 Å². The molecule has 4 aliphatic rings. The summed E-state index contributed by atoms with van der Waals surface area (Å²) in [6.07, 6.45) is 7.85. The summed E-state index contributed by atoms with van der Waals surface area (Å²) in [5.74, 6) is 0.0167. The summed E-state index contributed by atoms with van der Waals surface area (Å²) in [7, 11) is 0. The number of fused-ring (bicyclic) bond motifs is 4. The number of rotatable bonds is 11. The first-order valence-electron chi connectivity index (χ1n) is 16.5. The first-order valence-corrected chi connectivity index (χ1v) is 17.6. The molecule has 7 heteroatoms. The zero-order chi connectivity index (χ0) is 31.4. The quantitative estimate of drug-likeness (QED) is 0.130. The SMILES string of the molecule is CCCCC(OC(=O)CCC(=O)O[C@@H]1C[C@@H]2CC[C@@]1(C)C2(C)C)c1ccc(I)cc1C(=O)O[C@@H]1C[C@@H]2CC[C@@]1(C)C2(C)C. The predicted molar refractivity (Wildman–Crippen MR) is 174 cm³/mol. The monoisotopic (exact) mass is 706 g/mol. The maximum atomic E-state index is 13.7. The fraction of sp³-hybridized carbons (Fsp3) is 0.750. The number of unbranched alkanes of at least 4 members (excludes halogenated alkanes) is 1. The molecule has 238 valence electrons. The smallest absolute Gasteiger partial charge is 0.338 e. The van der Waals surface area contributed by atoms with E-state index in [-0.39, 0.29) is 58.6 Å². The van der Waals surface area contributed by atoms with Crippen molar-refractivity contribution in [1.82, 2.24) is 0 Å². The molecule has 0 saturated heterocycles. The van der Waals surface area contributed by atoms with Gasteiger partial charge in [0.2, 0.25) is 0 Å². The van der Waals surface area contributed by atoms with Crippen LogP contribution in [-0.4, -0.2) is 30.1 Å². The van der Waals surface area contributed by atoms with Gasteiger partial charge in [-0.3, -0.25) is 9.59 Å². The number of hydrogen-bond acceptors (Lipinski definition) is 6. The van der Waals surface area contributed by atoms with E-state index in [1.807, 2.05) is 18.2 Å². The van der Waals surface area contributed by atoms with Crippen molar-refractivity contribution in [3.05, 3.63) is 32.9 Å². The molecular formula is C36H51IO6. The summed E-state index contributed by atoms with van der Waals surface area (Å²) < 4.78 is 19.1. The molecule has 0 spiro atoms. The molecular weight excluding hydrogens is 655 g/mol. The number of ether oxygens (including phenoxy) is 3. The van der Waals surface area contributed by atoms with Crippen LogP contribution in [0.5, 0.6) is 0 Å². The fourth-order valence-electron chi connectivity index (χ4n) is 9.10. The molecule has 5 rings (SSSR count). The van der Waals surface area contributed by atoms with Gasteiger partial charge in [-0.05, 0) is 109 Å². The number of hydrogen-bond donors (Lipinski definition) is 0. The van der Waals surface area contributed by atoms with E-state index in [1.165, 1.54) is 12.8 Å². The van der Waals surface area contributed by atoms with Crippen molar-refractivity contribution in [3.63, 3.8) is 0 Å². The average Bonchev–Trinajstić information content (AvgIpc) is 3.46. The van der Waals surface area contributed by atoms with Gasteiger partial charge in [-0.25, -0.2) is 4.79 Å². The molecule has 1 unspecified atom stereocenters. The lowest BCUT2D eigenvalue weighted by atomic mass is 9.70. The highest BCUT2D eigenvalue weighted by atomic mass is 127. The Kier molecular flexibility index (Phi) is 9.09. The second kappa shape index (κ2) is 11.9. The predicted octanol–water partition coefficient (Wildman–Crippen LogP) is 8.98. The molecule has 0 N–H and O–H groups in total. The topological polar surface area (TPSA) is 78.9 Å². The lowest BCUT2D eigenvalue weighted by Crippen LogP contribution is -2.38. The van der Waals surface area contributed by atoms with E-state index in [4.69, 9.17) is 14.2 Å². The lowest BCUT2D eigenvalue weighted by Gasteiger charge is -2.38. The standard InChI is InChI=1S/C36H51IO6/c1-8-9-10-27(41-30(38)13-14-31(39)42-28-19-22-15-17-35(28,6)33(22,2)3)25-12-11-24(37)21-26(25)32(40)43-29-20-23-16-18-36(29,7)34(23,4)5/h11-12,21-23,27-29H,8-10,13-20H2,1-7H3/t22-,23-,27?,28+,29+,35+,36+/m0/s1. The Morgan fingerprint density at radius 1 is 0.860 bits per heavy atom.